The minimum Gasteiger partial charge on any atom is -0.375 e. The standard InChI is InChI=1S/C11H12N2S2/c1-7-4-3-5-8(2)10(7)14-9-6-13-11(12)15-9/h3-6H,1-2H3,(H2,12,13). The lowest BCUT2D eigenvalue weighted by atomic mass is 10.2. The first-order valence-electron chi connectivity index (χ1n) is 4.62. The van der Waals surface area contributed by atoms with Gasteiger partial charge >= 0.3 is 0 Å². The number of aromatic nitrogens is 1. The van der Waals surface area contributed by atoms with Crippen LogP contribution < -0.4 is 5.73 Å². The van der Waals surface area contributed by atoms with Crippen LogP contribution in [0.3, 0.4) is 0 Å². The normalized spacial score (nSPS) is 10.5. The quantitative estimate of drug-likeness (QED) is 0.867. The van der Waals surface area contributed by atoms with Crippen molar-refractivity contribution in [3.05, 3.63) is 35.5 Å². The number of rotatable bonds is 2. The smallest absolute Gasteiger partial charge is 0.181 e. The first-order valence-corrected chi connectivity index (χ1v) is 6.25. The maximum atomic E-state index is 5.60. The molecule has 1 aromatic heterocycles. The van der Waals surface area contributed by atoms with Gasteiger partial charge in [-0.2, -0.15) is 0 Å². The van der Waals surface area contributed by atoms with Crippen molar-refractivity contribution in [1.82, 2.24) is 4.98 Å². The van der Waals surface area contributed by atoms with Crippen molar-refractivity contribution in [3.8, 4) is 0 Å². The van der Waals surface area contributed by atoms with E-state index in [0.29, 0.717) is 5.13 Å². The molecule has 0 bridgehead atoms. The lowest BCUT2D eigenvalue weighted by Gasteiger charge is -2.06. The molecule has 2 rings (SSSR count). The summed E-state index contributed by atoms with van der Waals surface area (Å²) in [6.45, 7) is 4.25. The van der Waals surface area contributed by atoms with Gasteiger partial charge in [-0.1, -0.05) is 41.3 Å². The largest absolute Gasteiger partial charge is 0.375 e. The lowest BCUT2D eigenvalue weighted by Crippen LogP contribution is -1.83. The molecule has 2 nitrogen and oxygen atoms in total. The maximum absolute atomic E-state index is 5.60. The molecule has 2 N–H and O–H groups in total. The van der Waals surface area contributed by atoms with Gasteiger partial charge < -0.3 is 5.73 Å². The second kappa shape index (κ2) is 4.24. The number of anilines is 1. The summed E-state index contributed by atoms with van der Waals surface area (Å²) in [6.07, 6.45) is 1.83. The molecule has 0 saturated carbocycles. The molecule has 0 aliphatic rings. The predicted molar refractivity (Wildman–Crippen MR) is 66.6 cm³/mol. The summed E-state index contributed by atoms with van der Waals surface area (Å²) in [5.41, 5.74) is 8.20. The molecule has 1 heterocycles. The van der Waals surface area contributed by atoms with Crippen molar-refractivity contribution >= 4 is 28.2 Å². The summed E-state index contributed by atoms with van der Waals surface area (Å²) in [4.78, 5) is 5.35. The molecule has 0 saturated heterocycles. The number of aryl methyl sites for hydroxylation is 2. The fraction of sp³-hybridized carbons (Fsp3) is 0.182. The summed E-state index contributed by atoms with van der Waals surface area (Å²) in [5.74, 6) is 0. The van der Waals surface area contributed by atoms with Crippen LogP contribution in [0.15, 0.2) is 33.5 Å². The van der Waals surface area contributed by atoms with Crippen LogP contribution in [-0.4, -0.2) is 4.98 Å². The summed E-state index contributed by atoms with van der Waals surface area (Å²) < 4.78 is 1.14. The maximum Gasteiger partial charge on any atom is 0.181 e. The molecule has 0 unspecified atom stereocenters. The van der Waals surface area contributed by atoms with Crippen molar-refractivity contribution in [2.45, 2.75) is 23.0 Å². The molecular formula is C11H12N2S2. The fourth-order valence-electron chi connectivity index (χ4n) is 1.38. The highest BCUT2D eigenvalue weighted by Gasteiger charge is 2.06. The zero-order valence-corrected chi connectivity index (χ0v) is 10.3. The van der Waals surface area contributed by atoms with Gasteiger partial charge in [0.15, 0.2) is 5.13 Å². The van der Waals surface area contributed by atoms with E-state index in [9.17, 15) is 0 Å². The molecule has 2 aromatic rings. The van der Waals surface area contributed by atoms with Gasteiger partial charge in [0.05, 0.1) is 10.4 Å². The lowest BCUT2D eigenvalue weighted by molar-refractivity contribution is 1.22. The molecule has 4 heteroatoms. The number of hydrogen-bond donors (Lipinski definition) is 1. The van der Waals surface area contributed by atoms with E-state index in [1.807, 2.05) is 6.20 Å². The Morgan fingerprint density at radius 1 is 1.27 bits per heavy atom. The van der Waals surface area contributed by atoms with Crippen molar-refractivity contribution < 1.29 is 0 Å². The van der Waals surface area contributed by atoms with Crippen LogP contribution in [0.4, 0.5) is 5.13 Å². The van der Waals surface area contributed by atoms with Crippen LogP contribution in [-0.2, 0) is 0 Å². The highest BCUT2D eigenvalue weighted by Crippen LogP contribution is 2.36. The summed E-state index contributed by atoms with van der Waals surface area (Å²) in [5, 5.41) is 0.628. The Morgan fingerprint density at radius 2 is 1.93 bits per heavy atom. The summed E-state index contributed by atoms with van der Waals surface area (Å²) in [6, 6.07) is 6.33. The molecule has 15 heavy (non-hydrogen) atoms. The Labute approximate surface area is 97.5 Å². The van der Waals surface area contributed by atoms with Gasteiger partial charge in [-0.3, -0.25) is 0 Å². The number of nitrogens with zero attached hydrogens (tertiary/aromatic N) is 1. The van der Waals surface area contributed by atoms with E-state index >= 15 is 0 Å². The number of nitrogen functional groups attached to an aromatic ring is 1. The fourth-order valence-corrected chi connectivity index (χ4v) is 3.23. The summed E-state index contributed by atoms with van der Waals surface area (Å²) in [7, 11) is 0. The molecule has 0 radical (unpaired) electrons. The van der Waals surface area contributed by atoms with Crippen LogP contribution in [0.1, 0.15) is 11.1 Å². The van der Waals surface area contributed by atoms with E-state index in [1.54, 1.807) is 11.8 Å². The van der Waals surface area contributed by atoms with Crippen molar-refractivity contribution in [1.29, 1.82) is 0 Å². The third kappa shape index (κ3) is 2.33. The average Bonchev–Trinajstić information content (AvgIpc) is 2.58. The first kappa shape index (κ1) is 10.5. The Morgan fingerprint density at radius 3 is 2.47 bits per heavy atom. The first-order chi connectivity index (χ1) is 7.16. The van der Waals surface area contributed by atoms with E-state index in [2.05, 4.69) is 37.0 Å². The minimum absolute atomic E-state index is 0.628. The Hall–Kier alpha value is -1.00. The second-order valence-corrected chi connectivity index (χ2v) is 5.71. The Bertz CT molecular complexity index is 457. The molecule has 0 aliphatic carbocycles. The average molecular weight is 236 g/mol. The highest BCUT2D eigenvalue weighted by molar-refractivity contribution is 8.01. The van der Waals surface area contributed by atoms with Crippen LogP contribution in [0.5, 0.6) is 0 Å². The van der Waals surface area contributed by atoms with Gasteiger partial charge in [0.2, 0.25) is 0 Å². The number of thiazole rings is 1. The Balaban J connectivity index is 2.31. The molecule has 0 amide bonds. The topological polar surface area (TPSA) is 38.9 Å². The molecular weight excluding hydrogens is 224 g/mol. The number of hydrogen-bond acceptors (Lipinski definition) is 4. The van der Waals surface area contributed by atoms with Crippen LogP contribution >= 0.6 is 23.1 Å². The molecule has 78 valence electrons. The van der Waals surface area contributed by atoms with E-state index in [0.717, 1.165) is 4.21 Å². The Kier molecular flexibility index (Phi) is 2.98. The minimum atomic E-state index is 0.628. The van der Waals surface area contributed by atoms with Crippen LogP contribution in [0.2, 0.25) is 0 Å². The van der Waals surface area contributed by atoms with Crippen molar-refractivity contribution in [3.63, 3.8) is 0 Å². The molecule has 0 spiro atoms. The van der Waals surface area contributed by atoms with Gasteiger partial charge in [0.25, 0.3) is 0 Å². The van der Waals surface area contributed by atoms with E-state index in [-0.39, 0.29) is 0 Å². The van der Waals surface area contributed by atoms with Crippen LogP contribution in [0, 0.1) is 13.8 Å². The zero-order valence-electron chi connectivity index (χ0n) is 8.65. The zero-order chi connectivity index (χ0) is 10.8. The molecule has 1 aromatic carbocycles. The second-order valence-electron chi connectivity index (χ2n) is 3.34. The number of nitrogens with two attached hydrogens (primary N) is 1. The van der Waals surface area contributed by atoms with Crippen molar-refractivity contribution in [2.24, 2.45) is 0 Å². The molecule has 0 atom stereocenters. The third-order valence-electron chi connectivity index (χ3n) is 2.11. The van der Waals surface area contributed by atoms with E-state index < -0.39 is 0 Å². The number of benzene rings is 1. The summed E-state index contributed by atoms with van der Waals surface area (Å²) >= 11 is 3.27. The van der Waals surface area contributed by atoms with Gasteiger partial charge in [-0.15, -0.1) is 0 Å². The monoisotopic (exact) mass is 236 g/mol. The van der Waals surface area contributed by atoms with Gasteiger partial charge in [0.1, 0.15) is 0 Å². The SMILES string of the molecule is Cc1cccc(C)c1Sc1cnc(N)s1. The third-order valence-corrected chi connectivity index (χ3v) is 4.39. The van der Waals surface area contributed by atoms with Gasteiger partial charge in [0, 0.05) is 4.90 Å². The predicted octanol–water partition coefficient (Wildman–Crippen LogP) is 3.49. The van der Waals surface area contributed by atoms with Crippen molar-refractivity contribution in [2.75, 3.05) is 5.73 Å². The molecule has 0 fully saturated rings. The highest BCUT2D eigenvalue weighted by atomic mass is 32.2. The van der Waals surface area contributed by atoms with E-state index in [1.165, 1.54) is 27.4 Å². The van der Waals surface area contributed by atoms with Crippen LogP contribution in [0.25, 0.3) is 0 Å². The van der Waals surface area contributed by atoms with Gasteiger partial charge in [-0.05, 0) is 25.0 Å². The molecule has 0 aliphatic heterocycles. The van der Waals surface area contributed by atoms with E-state index in [4.69, 9.17) is 5.73 Å². The van der Waals surface area contributed by atoms with Gasteiger partial charge in [-0.25, -0.2) is 4.98 Å².